The van der Waals surface area contributed by atoms with Crippen LogP contribution in [0.5, 0.6) is 11.5 Å². The van der Waals surface area contributed by atoms with Crippen LogP contribution in [0.4, 0.5) is 11.4 Å². The monoisotopic (exact) mass is 354 g/mol. The Morgan fingerprint density at radius 1 is 1.12 bits per heavy atom. The molecule has 1 aliphatic rings. The molecule has 6 heteroatoms. The summed E-state index contributed by atoms with van der Waals surface area (Å²) >= 11 is 0. The van der Waals surface area contributed by atoms with Crippen molar-refractivity contribution in [2.24, 2.45) is 0 Å². The number of nitrogens with one attached hydrogen (secondary N) is 1. The highest BCUT2D eigenvalue weighted by Crippen LogP contribution is 2.33. The van der Waals surface area contributed by atoms with Crippen LogP contribution in [-0.2, 0) is 4.79 Å². The summed E-state index contributed by atoms with van der Waals surface area (Å²) in [5.41, 5.74) is 2.76. The number of ether oxygens (including phenoxy) is 2. The zero-order valence-electron chi connectivity index (χ0n) is 15.2. The Morgan fingerprint density at radius 3 is 2.50 bits per heavy atom. The van der Waals surface area contributed by atoms with Crippen molar-refractivity contribution in [3.63, 3.8) is 0 Å². The van der Waals surface area contributed by atoms with Crippen LogP contribution in [-0.4, -0.2) is 32.6 Å². The van der Waals surface area contributed by atoms with E-state index in [-0.39, 0.29) is 11.8 Å². The highest BCUT2D eigenvalue weighted by atomic mass is 16.5. The maximum atomic E-state index is 12.7. The first kappa shape index (κ1) is 17.8. The number of hydrogen-bond donors (Lipinski definition) is 1. The molecule has 1 aliphatic heterocycles. The lowest BCUT2D eigenvalue weighted by atomic mass is 10.1. The first-order valence-corrected chi connectivity index (χ1v) is 8.48. The molecule has 1 saturated heterocycles. The van der Waals surface area contributed by atoms with Gasteiger partial charge in [0.1, 0.15) is 0 Å². The summed E-state index contributed by atoms with van der Waals surface area (Å²) in [6.45, 7) is 2.58. The molecule has 0 saturated carbocycles. The molecule has 3 rings (SSSR count). The van der Waals surface area contributed by atoms with Gasteiger partial charge in [-0.1, -0.05) is 6.07 Å². The predicted molar refractivity (Wildman–Crippen MR) is 100 cm³/mol. The fourth-order valence-electron chi connectivity index (χ4n) is 3.05. The van der Waals surface area contributed by atoms with Gasteiger partial charge in [0.15, 0.2) is 11.5 Å². The Bertz CT molecular complexity index is 848. The number of carbonyl (C=O) groups excluding carboxylic acids is 2. The molecule has 1 heterocycles. The molecule has 0 bridgehead atoms. The van der Waals surface area contributed by atoms with Crippen molar-refractivity contribution < 1.29 is 19.1 Å². The maximum absolute atomic E-state index is 12.7. The second kappa shape index (κ2) is 7.47. The SMILES string of the molecule is COc1cc(C)c(NC(=O)c2cccc(N3CCCC3=O)c2)cc1OC. The minimum atomic E-state index is -0.242. The van der Waals surface area contributed by atoms with Crippen LogP contribution in [0, 0.1) is 6.92 Å². The van der Waals surface area contributed by atoms with E-state index in [0.29, 0.717) is 35.7 Å². The van der Waals surface area contributed by atoms with Gasteiger partial charge in [0.25, 0.3) is 5.91 Å². The Morgan fingerprint density at radius 2 is 1.85 bits per heavy atom. The summed E-state index contributed by atoms with van der Waals surface area (Å²) in [6, 6.07) is 10.7. The number of nitrogens with zero attached hydrogens (tertiary/aromatic N) is 1. The van der Waals surface area contributed by atoms with E-state index < -0.39 is 0 Å². The summed E-state index contributed by atoms with van der Waals surface area (Å²) in [7, 11) is 3.12. The first-order valence-electron chi connectivity index (χ1n) is 8.48. The first-order chi connectivity index (χ1) is 12.5. The van der Waals surface area contributed by atoms with E-state index in [2.05, 4.69) is 5.32 Å². The molecule has 2 aromatic carbocycles. The number of anilines is 2. The van der Waals surface area contributed by atoms with Gasteiger partial charge in [-0.2, -0.15) is 0 Å². The average Bonchev–Trinajstić information content (AvgIpc) is 3.09. The van der Waals surface area contributed by atoms with Crippen molar-refractivity contribution in [1.29, 1.82) is 0 Å². The van der Waals surface area contributed by atoms with Crippen LogP contribution in [0.2, 0.25) is 0 Å². The molecule has 26 heavy (non-hydrogen) atoms. The van der Waals surface area contributed by atoms with Crippen molar-refractivity contribution in [1.82, 2.24) is 0 Å². The quantitative estimate of drug-likeness (QED) is 0.894. The Labute approximate surface area is 152 Å². The lowest BCUT2D eigenvalue weighted by molar-refractivity contribution is -0.117. The number of aryl methyl sites for hydroxylation is 1. The van der Waals surface area contributed by atoms with Crippen molar-refractivity contribution >= 4 is 23.2 Å². The number of benzene rings is 2. The topological polar surface area (TPSA) is 67.9 Å². The van der Waals surface area contributed by atoms with Crippen LogP contribution in [0.15, 0.2) is 36.4 Å². The summed E-state index contributed by atoms with van der Waals surface area (Å²) in [6.07, 6.45) is 1.40. The molecule has 136 valence electrons. The molecule has 1 N–H and O–H groups in total. The third kappa shape index (κ3) is 3.49. The smallest absolute Gasteiger partial charge is 0.255 e. The van der Waals surface area contributed by atoms with Gasteiger partial charge in [-0.3, -0.25) is 9.59 Å². The molecule has 2 amide bonds. The molecule has 0 spiro atoms. The van der Waals surface area contributed by atoms with E-state index in [1.807, 2.05) is 19.1 Å². The molecule has 0 unspecified atom stereocenters. The van der Waals surface area contributed by atoms with Gasteiger partial charge in [-0.25, -0.2) is 0 Å². The van der Waals surface area contributed by atoms with Crippen LogP contribution in [0.3, 0.4) is 0 Å². The van der Waals surface area contributed by atoms with E-state index in [1.165, 1.54) is 0 Å². The second-order valence-electron chi connectivity index (χ2n) is 6.18. The second-order valence-corrected chi connectivity index (χ2v) is 6.18. The molecule has 0 aliphatic carbocycles. The minimum absolute atomic E-state index is 0.0956. The highest BCUT2D eigenvalue weighted by Gasteiger charge is 2.22. The van der Waals surface area contributed by atoms with Gasteiger partial charge in [0, 0.05) is 36.0 Å². The zero-order chi connectivity index (χ0) is 18.7. The van der Waals surface area contributed by atoms with Gasteiger partial charge in [-0.05, 0) is 43.2 Å². The minimum Gasteiger partial charge on any atom is -0.493 e. The standard InChI is InChI=1S/C20H22N2O4/c1-13-10-17(25-2)18(26-3)12-16(13)21-20(24)14-6-4-7-15(11-14)22-9-5-8-19(22)23/h4,6-7,10-12H,5,8-9H2,1-3H3,(H,21,24). The molecular formula is C20H22N2O4. The van der Waals surface area contributed by atoms with Crippen LogP contribution < -0.4 is 19.7 Å². The molecular weight excluding hydrogens is 332 g/mol. The summed E-state index contributed by atoms with van der Waals surface area (Å²) in [5.74, 6) is 1.01. The van der Waals surface area contributed by atoms with Gasteiger partial charge >= 0.3 is 0 Å². The molecule has 6 nitrogen and oxygen atoms in total. The molecule has 1 fully saturated rings. The third-order valence-electron chi connectivity index (χ3n) is 4.47. The number of carbonyl (C=O) groups is 2. The fraction of sp³-hybridized carbons (Fsp3) is 0.300. The fourth-order valence-corrected chi connectivity index (χ4v) is 3.05. The molecule has 0 atom stereocenters. The highest BCUT2D eigenvalue weighted by molar-refractivity contribution is 6.06. The lowest BCUT2D eigenvalue weighted by Crippen LogP contribution is -2.24. The summed E-state index contributed by atoms with van der Waals surface area (Å²) in [4.78, 5) is 26.3. The van der Waals surface area contributed by atoms with E-state index in [1.54, 1.807) is 43.4 Å². The van der Waals surface area contributed by atoms with Gasteiger partial charge < -0.3 is 19.7 Å². The molecule has 0 radical (unpaired) electrons. The van der Waals surface area contributed by atoms with Crippen molar-refractivity contribution in [3.05, 3.63) is 47.5 Å². The summed E-state index contributed by atoms with van der Waals surface area (Å²) in [5, 5.41) is 2.90. The Kier molecular flexibility index (Phi) is 5.11. The van der Waals surface area contributed by atoms with Crippen LogP contribution in [0.1, 0.15) is 28.8 Å². The van der Waals surface area contributed by atoms with E-state index in [4.69, 9.17) is 9.47 Å². The zero-order valence-corrected chi connectivity index (χ0v) is 15.2. The Balaban J connectivity index is 1.83. The number of rotatable bonds is 5. The normalized spacial score (nSPS) is 13.7. The van der Waals surface area contributed by atoms with Gasteiger partial charge in [-0.15, -0.1) is 0 Å². The maximum Gasteiger partial charge on any atom is 0.255 e. The van der Waals surface area contributed by atoms with E-state index >= 15 is 0 Å². The van der Waals surface area contributed by atoms with Crippen LogP contribution >= 0.6 is 0 Å². The van der Waals surface area contributed by atoms with Crippen molar-refractivity contribution in [3.8, 4) is 11.5 Å². The van der Waals surface area contributed by atoms with Crippen molar-refractivity contribution in [2.75, 3.05) is 31.0 Å². The van der Waals surface area contributed by atoms with Crippen LogP contribution in [0.25, 0.3) is 0 Å². The molecule has 0 aromatic heterocycles. The number of amides is 2. The van der Waals surface area contributed by atoms with Crippen molar-refractivity contribution in [2.45, 2.75) is 19.8 Å². The summed E-state index contributed by atoms with van der Waals surface area (Å²) < 4.78 is 10.6. The third-order valence-corrected chi connectivity index (χ3v) is 4.47. The van der Waals surface area contributed by atoms with E-state index in [0.717, 1.165) is 17.7 Å². The number of hydrogen-bond acceptors (Lipinski definition) is 4. The largest absolute Gasteiger partial charge is 0.493 e. The molecule has 2 aromatic rings. The number of methoxy groups -OCH3 is 2. The lowest BCUT2D eigenvalue weighted by Gasteiger charge is -2.17. The van der Waals surface area contributed by atoms with Gasteiger partial charge in [0.05, 0.1) is 14.2 Å². The average molecular weight is 354 g/mol. The predicted octanol–water partition coefficient (Wildman–Crippen LogP) is 3.39. The Hall–Kier alpha value is -3.02. The van der Waals surface area contributed by atoms with Gasteiger partial charge in [0.2, 0.25) is 5.91 Å². The van der Waals surface area contributed by atoms with E-state index in [9.17, 15) is 9.59 Å².